The minimum Gasteiger partial charge on any atom is -0.350 e. The molecule has 0 fully saturated rings. The third kappa shape index (κ3) is 5.24. The fourth-order valence-corrected chi connectivity index (χ4v) is 2.17. The summed E-state index contributed by atoms with van der Waals surface area (Å²) in [6.07, 6.45) is 2.90. The number of amides is 1. The Bertz CT molecular complexity index is 522. The predicted octanol–water partition coefficient (Wildman–Crippen LogP) is 2.01. The van der Waals surface area contributed by atoms with Crippen LogP contribution in [0.3, 0.4) is 0 Å². The average molecular weight is 294 g/mol. The highest BCUT2D eigenvalue weighted by atomic mass is 32.2. The van der Waals surface area contributed by atoms with Crippen LogP contribution in [-0.4, -0.2) is 30.5 Å². The molecule has 3 nitrogen and oxygen atoms in total. The zero-order valence-electron chi connectivity index (χ0n) is 11.7. The highest BCUT2D eigenvalue weighted by molar-refractivity contribution is 7.98. The maximum atomic E-state index is 13.7. The van der Waals surface area contributed by atoms with Crippen molar-refractivity contribution >= 4 is 17.7 Å². The van der Waals surface area contributed by atoms with Gasteiger partial charge in [-0.2, -0.15) is 11.8 Å². The molecule has 5 heteroatoms. The number of benzene rings is 1. The molecule has 3 N–H and O–H groups in total. The highest BCUT2D eigenvalue weighted by Crippen LogP contribution is 2.10. The zero-order chi connectivity index (χ0) is 15.0. The first kappa shape index (κ1) is 16.5. The van der Waals surface area contributed by atoms with Crippen molar-refractivity contribution in [1.29, 1.82) is 0 Å². The Labute approximate surface area is 123 Å². The van der Waals surface area contributed by atoms with Gasteiger partial charge in [-0.1, -0.05) is 11.8 Å². The van der Waals surface area contributed by atoms with Crippen molar-refractivity contribution in [3.8, 4) is 11.8 Å². The zero-order valence-corrected chi connectivity index (χ0v) is 12.5. The molecule has 1 atom stereocenters. The van der Waals surface area contributed by atoms with E-state index in [0.717, 1.165) is 12.2 Å². The molecule has 20 heavy (non-hydrogen) atoms. The molecule has 0 bridgehead atoms. The number of halogens is 1. The van der Waals surface area contributed by atoms with Crippen molar-refractivity contribution in [3.05, 3.63) is 35.1 Å². The van der Waals surface area contributed by atoms with Crippen LogP contribution in [-0.2, 0) is 0 Å². The molecular formula is C15H19FN2OS. The molecule has 0 saturated heterocycles. The van der Waals surface area contributed by atoms with Crippen LogP contribution in [0.5, 0.6) is 0 Å². The van der Waals surface area contributed by atoms with E-state index in [0.29, 0.717) is 5.56 Å². The third-order valence-corrected chi connectivity index (χ3v) is 3.33. The molecule has 0 aliphatic heterocycles. The number of carbonyl (C=O) groups excluding carboxylic acids is 1. The van der Waals surface area contributed by atoms with E-state index in [1.54, 1.807) is 17.8 Å². The van der Waals surface area contributed by atoms with Gasteiger partial charge in [0.05, 0.1) is 12.1 Å². The molecule has 1 unspecified atom stereocenters. The van der Waals surface area contributed by atoms with Crippen LogP contribution in [0.2, 0.25) is 0 Å². The topological polar surface area (TPSA) is 55.1 Å². The number of nitrogens with one attached hydrogen (secondary N) is 1. The molecule has 0 aromatic heterocycles. The van der Waals surface area contributed by atoms with Crippen molar-refractivity contribution < 1.29 is 9.18 Å². The van der Waals surface area contributed by atoms with E-state index >= 15 is 0 Å². The van der Waals surface area contributed by atoms with E-state index in [1.165, 1.54) is 12.1 Å². The maximum Gasteiger partial charge on any atom is 0.251 e. The molecule has 1 amide bonds. The van der Waals surface area contributed by atoms with Crippen LogP contribution in [0, 0.1) is 17.7 Å². The third-order valence-electron chi connectivity index (χ3n) is 2.69. The van der Waals surface area contributed by atoms with E-state index in [4.69, 9.17) is 5.73 Å². The second-order valence-corrected chi connectivity index (χ2v) is 5.34. The SMILES string of the molecule is CSCCC(C)NC(=O)c1ccc(C#CCN)c(F)c1. The van der Waals surface area contributed by atoms with Gasteiger partial charge >= 0.3 is 0 Å². The molecule has 1 aromatic rings. The summed E-state index contributed by atoms with van der Waals surface area (Å²) in [5.41, 5.74) is 5.79. The Morgan fingerprint density at radius 2 is 2.30 bits per heavy atom. The molecule has 0 radical (unpaired) electrons. The summed E-state index contributed by atoms with van der Waals surface area (Å²) in [6, 6.07) is 4.34. The van der Waals surface area contributed by atoms with Gasteiger partial charge in [-0.05, 0) is 43.6 Å². The molecule has 0 saturated carbocycles. The first-order chi connectivity index (χ1) is 9.58. The summed E-state index contributed by atoms with van der Waals surface area (Å²) in [5.74, 6) is 5.41. The van der Waals surface area contributed by atoms with E-state index < -0.39 is 5.82 Å². The molecule has 1 aromatic carbocycles. The Hall–Kier alpha value is -1.51. The summed E-state index contributed by atoms with van der Waals surface area (Å²) in [5, 5.41) is 2.85. The summed E-state index contributed by atoms with van der Waals surface area (Å²) in [7, 11) is 0. The molecule has 1 rings (SSSR count). The Morgan fingerprint density at radius 1 is 1.55 bits per heavy atom. The van der Waals surface area contributed by atoms with Crippen molar-refractivity contribution in [3.63, 3.8) is 0 Å². The number of hydrogen-bond donors (Lipinski definition) is 2. The molecule has 108 valence electrons. The largest absolute Gasteiger partial charge is 0.350 e. The van der Waals surface area contributed by atoms with Gasteiger partial charge in [-0.15, -0.1) is 0 Å². The van der Waals surface area contributed by atoms with Crippen molar-refractivity contribution in [2.45, 2.75) is 19.4 Å². The number of nitrogens with two attached hydrogens (primary N) is 1. The monoisotopic (exact) mass is 294 g/mol. The number of thioether (sulfide) groups is 1. The summed E-state index contributed by atoms with van der Waals surface area (Å²) >= 11 is 1.73. The van der Waals surface area contributed by atoms with Crippen LogP contribution in [0.1, 0.15) is 29.3 Å². The van der Waals surface area contributed by atoms with Gasteiger partial charge < -0.3 is 11.1 Å². The lowest BCUT2D eigenvalue weighted by Crippen LogP contribution is -2.33. The molecule has 0 aliphatic rings. The van der Waals surface area contributed by atoms with Gasteiger partial charge in [-0.25, -0.2) is 4.39 Å². The first-order valence-electron chi connectivity index (χ1n) is 6.36. The molecule has 0 aliphatic carbocycles. The standard InChI is InChI=1S/C15H19FN2OS/c1-11(7-9-20-2)18-15(19)13-6-5-12(4-3-8-17)14(16)10-13/h5-6,10-11H,7-9,17H2,1-2H3,(H,18,19). The van der Waals surface area contributed by atoms with Crippen molar-refractivity contribution in [2.75, 3.05) is 18.6 Å². The second kappa shape index (κ2) is 8.62. The molecular weight excluding hydrogens is 275 g/mol. The van der Waals surface area contributed by atoms with Crippen molar-refractivity contribution in [1.82, 2.24) is 5.32 Å². The quantitative estimate of drug-likeness (QED) is 0.817. The highest BCUT2D eigenvalue weighted by Gasteiger charge is 2.11. The van der Waals surface area contributed by atoms with Gasteiger partial charge in [-0.3, -0.25) is 4.79 Å². The van der Waals surface area contributed by atoms with Crippen LogP contribution in [0.4, 0.5) is 4.39 Å². The predicted molar refractivity (Wildman–Crippen MR) is 82.3 cm³/mol. The maximum absolute atomic E-state index is 13.7. The van der Waals surface area contributed by atoms with E-state index in [-0.39, 0.29) is 24.1 Å². The Balaban J connectivity index is 2.72. The molecule has 0 spiro atoms. The van der Waals surface area contributed by atoms with Crippen LogP contribution >= 0.6 is 11.8 Å². The lowest BCUT2D eigenvalue weighted by atomic mass is 10.1. The smallest absolute Gasteiger partial charge is 0.251 e. The average Bonchev–Trinajstić information content (AvgIpc) is 2.43. The van der Waals surface area contributed by atoms with Crippen LogP contribution < -0.4 is 11.1 Å². The lowest BCUT2D eigenvalue weighted by Gasteiger charge is -2.13. The molecule has 0 heterocycles. The Morgan fingerprint density at radius 3 is 2.90 bits per heavy atom. The number of rotatable bonds is 5. The lowest BCUT2D eigenvalue weighted by molar-refractivity contribution is 0.0939. The minimum absolute atomic E-state index is 0.0646. The van der Waals surface area contributed by atoms with Gasteiger partial charge in [0.1, 0.15) is 5.82 Å². The number of hydrogen-bond acceptors (Lipinski definition) is 3. The van der Waals surface area contributed by atoms with Gasteiger partial charge in [0.15, 0.2) is 0 Å². The van der Waals surface area contributed by atoms with Crippen molar-refractivity contribution in [2.24, 2.45) is 5.73 Å². The normalized spacial score (nSPS) is 11.4. The van der Waals surface area contributed by atoms with Crippen LogP contribution in [0.25, 0.3) is 0 Å². The summed E-state index contributed by atoms with van der Waals surface area (Å²) in [6.45, 7) is 2.11. The van der Waals surface area contributed by atoms with E-state index in [9.17, 15) is 9.18 Å². The van der Waals surface area contributed by atoms with Gasteiger partial charge in [0.2, 0.25) is 0 Å². The summed E-state index contributed by atoms with van der Waals surface area (Å²) in [4.78, 5) is 12.0. The minimum atomic E-state index is -0.504. The summed E-state index contributed by atoms with van der Waals surface area (Å²) < 4.78 is 13.7. The number of carbonyl (C=O) groups is 1. The van der Waals surface area contributed by atoms with Crippen LogP contribution in [0.15, 0.2) is 18.2 Å². The van der Waals surface area contributed by atoms with Gasteiger partial charge in [0.25, 0.3) is 5.91 Å². The fraction of sp³-hybridized carbons (Fsp3) is 0.400. The van der Waals surface area contributed by atoms with E-state index in [1.807, 2.05) is 13.2 Å². The second-order valence-electron chi connectivity index (χ2n) is 4.36. The Kier molecular flexibility index (Phi) is 7.13. The van der Waals surface area contributed by atoms with E-state index in [2.05, 4.69) is 17.2 Å². The van der Waals surface area contributed by atoms with Gasteiger partial charge in [0, 0.05) is 11.6 Å². The first-order valence-corrected chi connectivity index (χ1v) is 7.76. The fourth-order valence-electron chi connectivity index (χ4n) is 1.58.